The fourth-order valence-corrected chi connectivity index (χ4v) is 2.26. The van der Waals surface area contributed by atoms with Crippen molar-refractivity contribution in [1.82, 2.24) is 4.90 Å². The van der Waals surface area contributed by atoms with Crippen molar-refractivity contribution in [2.75, 3.05) is 18.5 Å². The summed E-state index contributed by atoms with van der Waals surface area (Å²) < 4.78 is 13.8. The first-order valence-electron chi connectivity index (χ1n) is 6.75. The quantitative estimate of drug-likeness (QED) is 0.774. The maximum atomic E-state index is 13.8. The van der Waals surface area contributed by atoms with Crippen molar-refractivity contribution < 1.29 is 24.2 Å². The summed E-state index contributed by atoms with van der Waals surface area (Å²) in [4.78, 5) is 24.7. The van der Waals surface area contributed by atoms with Crippen LogP contribution in [0.2, 0.25) is 0 Å². The predicted octanol–water partition coefficient (Wildman–Crippen LogP) is 1.90. The average molecular weight is 296 g/mol. The Morgan fingerprint density at radius 3 is 2.62 bits per heavy atom. The predicted molar refractivity (Wildman–Crippen MR) is 73.8 cm³/mol. The number of aliphatic hydroxyl groups excluding tert-OH is 1. The molecule has 1 aliphatic carbocycles. The van der Waals surface area contributed by atoms with Crippen molar-refractivity contribution in [1.29, 1.82) is 0 Å². The molecule has 1 aromatic carbocycles. The molecule has 0 saturated heterocycles. The van der Waals surface area contributed by atoms with Crippen molar-refractivity contribution in [3.63, 3.8) is 0 Å². The molecule has 114 valence electrons. The third-order valence-electron chi connectivity index (χ3n) is 3.59. The van der Waals surface area contributed by atoms with Crippen LogP contribution in [0.1, 0.15) is 29.6 Å². The highest BCUT2D eigenvalue weighted by Gasteiger charge is 2.29. The van der Waals surface area contributed by atoms with Gasteiger partial charge in [0.25, 0.3) is 0 Å². The number of hydrogen-bond acceptors (Lipinski definition) is 3. The van der Waals surface area contributed by atoms with Gasteiger partial charge in [0.05, 0.1) is 17.9 Å². The number of benzene rings is 1. The van der Waals surface area contributed by atoms with Gasteiger partial charge >= 0.3 is 12.0 Å². The molecule has 1 aromatic rings. The second-order valence-corrected chi connectivity index (χ2v) is 4.90. The highest BCUT2D eigenvalue weighted by Crippen LogP contribution is 2.26. The zero-order valence-electron chi connectivity index (χ0n) is 11.4. The number of nitrogens with one attached hydrogen (secondary N) is 1. The van der Waals surface area contributed by atoms with Gasteiger partial charge in [0.2, 0.25) is 0 Å². The van der Waals surface area contributed by atoms with Crippen LogP contribution in [-0.4, -0.2) is 46.3 Å². The number of amides is 2. The van der Waals surface area contributed by atoms with E-state index in [4.69, 9.17) is 10.2 Å². The molecule has 21 heavy (non-hydrogen) atoms. The van der Waals surface area contributed by atoms with Crippen molar-refractivity contribution in [2.24, 2.45) is 0 Å². The van der Waals surface area contributed by atoms with Crippen LogP contribution >= 0.6 is 0 Å². The van der Waals surface area contributed by atoms with Crippen LogP contribution in [-0.2, 0) is 0 Å². The van der Waals surface area contributed by atoms with E-state index in [9.17, 15) is 14.0 Å². The van der Waals surface area contributed by atoms with Gasteiger partial charge < -0.3 is 20.4 Å². The molecule has 0 bridgehead atoms. The number of carboxylic acid groups (broad SMARTS) is 1. The van der Waals surface area contributed by atoms with Crippen molar-refractivity contribution >= 4 is 17.7 Å². The van der Waals surface area contributed by atoms with Gasteiger partial charge in [-0.15, -0.1) is 0 Å². The topological polar surface area (TPSA) is 89.9 Å². The Kier molecular flexibility index (Phi) is 4.74. The lowest BCUT2D eigenvalue weighted by atomic mass is 9.91. The van der Waals surface area contributed by atoms with E-state index < -0.39 is 17.8 Å². The summed E-state index contributed by atoms with van der Waals surface area (Å²) in [5, 5.41) is 20.4. The summed E-state index contributed by atoms with van der Waals surface area (Å²) in [6.07, 6.45) is 2.66. The number of carboxylic acids is 1. The number of carbonyl (C=O) groups excluding carboxylic acids is 1. The molecule has 0 aromatic heterocycles. The first-order valence-corrected chi connectivity index (χ1v) is 6.75. The highest BCUT2D eigenvalue weighted by molar-refractivity contribution is 6.00. The molecular weight excluding hydrogens is 279 g/mol. The van der Waals surface area contributed by atoms with E-state index >= 15 is 0 Å². The number of aliphatic hydroxyl groups is 1. The van der Waals surface area contributed by atoms with Crippen LogP contribution in [0, 0.1) is 5.82 Å². The molecule has 1 fully saturated rings. The Hall–Kier alpha value is -2.15. The van der Waals surface area contributed by atoms with E-state index in [2.05, 4.69) is 5.32 Å². The van der Waals surface area contributed by atoms with Crippen LogP contribution in [0.4, 0.5) is 14.9 Å². The minimum absolute atomic E-state index is 0.0113. The van der Waals surface area contributed by atoms with E-state index in [-0.39, 0.29) is 30.4 Å². The molecule has 0 radical (unpaired) electrons. The maximum absolute atomic E-state index is 13.8. The van der Waals surface area contributed by atoms with E-state index in [0.29, 0.717) is 0 Å². The van der Waals surface area contributed by atoms with Crippen LogP contribution < -0.4 is 5.32 Å². The number of anilines is 1. The molecular formula is C14H17FN2O4. The summed E-state index contributed by atoms with van der Waals surface area (Å²) in [7, 11) is 0. The zero-order valence-corrected chi connectivity index (χ0v) is 11.4. The van der Waals surface area contributed by atoms with Crippen molar-refractivity contribution in [3.8, 4) is 0 Å². The summed E-state index contributed by atoms with van der Waals surface area (Å²) in [5.74, 6) is -2.12. The highest BCUT2D eigenvalue weighted by atomic mass is 19.1. The van der Waals surface area contributed by atoms with Gasteiger partial charge in [-0.1, -0.05) is 6.07 Å². The van der Waals surface area contributed by atoms with Crippen LogP contribution in [0.15, 0.2) is 18.2 Å². The molecule has 3 N–H and O–H groups in total. The number of nitrogens with zero attached hydrogens (tertiary/aromatic N) is 1. The number of para-hydroxylation sites is 1. The molecule has 0 unspecified atom stereocenters. The largest absolute Gasteiger partial charge is 0.478 e. The number of urea groups is 1. The molecule has 0 heterocycles. The minimum atomic E-state index is -1.32. The number of halogens is 1. The monoisotopic (exact) mass is 296 g/mol. The molecule has 0 atom stereocenters. The lowest BCUT2D eigenvalue weighted by Gasteiger charge is -2.37. The molecule has 0 aliphatic heterocycles. The van der Waals surface area contributed by atoms with Gasteiger partial charge in [-0.2, -0.15) is 0 Å². The Balaban J connectivity index is 2.19. The summed E-state index contributed by atoms with van der Waals surface area (Å²) in [6.45, 7) is -0.0691. The summed E-state index contributed by atoms with van der Waals surface area (Å²) >= 11 is 0. The molecule has 0 spiro atoms. The fraction of sp³-hybridized carbons (Fsp3) is 0.429. The third-order valence-corrected chi connectivity index (χ3v) is 3.59. The number of hydrogen-bond donors (Lipinski definition) is 3. The van der Waals surface area contributed by atoms with Gasteiger partial charge in [-0.25, -0.2) is 14.0 Å². The van der Waals surface area contributed by atoms with Crippen molar-refractivity contribution in [3.05, 3.63) is 29.6 Å². The standard InChI is InChI=1S/C14H17FN2O4/c15-11-6-2-5-10(13(19)20)12(11)16-14(21)17(7-8-18)9-3-1-4-9/h2,5-6,9,18H,1,3-4,7-8H2,(H,16,21)(H,19,20). The number of aromatic carboxylic acids is 1. The van der Waals surface area contributed by atoms with Gasteiger partial charge in [-0.05, 0) is 31.4 Å². The molecule has 1 aliphatic rings. The minimum Gasteiger partial charge on any atom is -0.478 e. The van der Waals surface area contributed by atoms with Crippen LogP contribution in [0.5, 0.6) is 0 Å². The number of rotatable bonds is 5. The van der Waals surface area contributed by atoms with Gasteiger partial charge in [-0.3, -0.25) is 0 Å². The smallest absolute Gasteiger partial charge is 0.337 e. The summed E-state index contributed by atoms with van der Waals surface area (Å²) in [5.41, 5.74) is -0.654. The first-order chi connectivity index (χ1) is 10.0. The van der Waals surface area contributed by atoms with Gasteiger partial charge in [0.15, 0.2) is 0 Å². The zero-order chi connectivity index (χ0) is 15.4. The molecule has 1 saturated carbocycles. The Morgan fingerprint density at radius 1 is 1.38 bits per heavy atom. The first kappa shape index (κ1) is 15.2. The molecule has 2 amide bonds. The molecule has 7 heteroatoms. The van der Waals surface area contributed by atoms with E-state index in [1.54, 1.807) is 0 Å². The Morgan fingerprint density at radius 2 is 2.10 bits per heavy atom. The lowest BCUT2D eigenvalue weighted by molar-refractivity contribution is 0.0697. The van der Waals surface area contributed by atoms with Crippen LogP contribution in [0.25, 0.3) is 0 Å². The third kappa shape index (κ3) is 3.30. The lowest BCUT2D eigenvalue weighted by Crippen LogP contribution is -2.47. The second kappa shape index (κ2) is 6.53. The maximum Gasteiger partial charge on any atom is 0.337 e. The molecule has 2 rings (SSSR count). The van der Waals surface area contributed by atoms with Crippen molar-refractivity contribution in [2.45, 2.75) is 25.3 Å². The van der Waals surface area contributed by atoms with Crippen LogP contribution in [0.3, 0.4) is 0 Å². The fourth-order valence-electron chi connectivity index (χ4n) is 2.26. The average Bonchev–Trinajstić information content (AvgIpc) is 2.38. The van der Waals surface area contributed by atoms with Gasteiger partial charge in [0, 0.05) is 12.6 Å². The second-order valence-electron chi connectivity index (χ2n) is 4.90. The Labute approximate surface area is 121 Å². The van der Waals surface area contributed by atoms with Gasteiger partial charge in [0.1, 0.15) is 5.82 Å². The SMILES string of the molecule is O=C(O)c1cccc(F)c1NC(=O)N(CCO)C1CCC1. The molecule has 6 nitrogen and oxygen atoms in total. The van der Waals surface area contributed by atoms with E-state index in [1.807, 2.05) is 0 Å². The summed E-state index contributed by atoms with van der Waals surface area (Å²) in [6, 6.07) is 2.99. The van der Waals surface area contributed by atoms with E-state index in [0.717, 1.165) is 25.3 Å². The number of carbonyl (C=O) groups is 2. The Bertz CT molecular complexity index is 546. The normalized spacial score (nSPS) is 14.4. The van der Waals surface area contributed by atoms with E-state index in [1.165, 1.54) is 17.0 Å².